The Morgan fingerprint density at radius 1 is 1.35 bits per heavy atom. The third-order valence-electron chi connectivity index (χ3n) is 1.83. The van der Waals surface area contributed by atoms with E-state index in [4.69, 9.17) is 10.5 Å². The Kier molecular flexibility index (Phi) is 5.17. The average molecular weight is 272 g/mol. The summed E-state index contributed by atoms with van der Waals surface area (Å²) in [5.74, 6) is -0.628. The molecule has 2 amide bonds. The number of ether oxygens (including phenoxy) is 1. The number of carbonyl (C=O) groups is 2. The Morgan fingerprint density at radius 2 is 2.06 bits per heavy atom. The number of amides is 2. The minimum atomic E-state index is -0.702. The van der Waals surface area contributed by atoms with Crippen molar-refractivity contribution in [3.8, 4) is 0 Å². The second-order valence-electron chi connectivity index (χ2n) is 3.21. The van der Waals surface area contributed by atoms with Crippen LogP contribution in [0.25, 0.3) is 0 Å². The van der Waals surface area contributed by atoms with Crippen molar-refractivity contribution in [2.75, 3.05) is 6.54 Å². The first-order valence-corrected chi connectivity index (χ1v) is 5.58. The summed E-state index contributed by atoms with van der Waals surface area (Å²) in [6.07, 6.45) is -0.702. The van der Waals surface area contributed by atoms with Gasteiger partial charge in [-0.2, -0.15) is 0 Å². The average Bonchev–Trinajstić information content (AvgIpc) is 2.25. The van der Waals surface area contributed by atoms with E-state index < -0.39 is 12.0 Å². The molecule has 0 unspecified atom stereocenters. The summed E-state index contributed by atoms with van der Waals surface area (Å²) in [4.78, 5) is 23.0. The smallest absolute Gasteiger partial charge is 0.407 e. The Hall–Kier alpha value is -1.34. The molecule has 0 bridgehead atoms. The van der Waals surface area contributed by atoms with Crippen LogP contribution >= 0.6 is 25.3 Å². The molecule has 0 aliphatic heterocycles. The van der Waals surface area contributed by atoms with E-state index >= 15 is 0 Å². The Balaban J connectivity index is 2.44. The molecule has 0 saturated carbocycles. The van der Waals surface area contributed by atoms with E-state index in [-0.39, 0.29) is 13.2 Å². The first-order valence-electron chi connectivity index (χ1n) is 4.69. The number of alkyl carbamates (subject to hydrolysis) is 1. The van der Waals surface area contributed by atoms with Crippen LogP contribution in [-0.4, -0.2) is 18.5 Å². The molecular weight excluding hydrogens is 260 g/mol. The first-order chi connectivity index (χ1) is 7.99. The molecule has 7 heteroatoms. The fraction of sp³-hybridized carbons (Fsp3) is 0.200. The predicted molar refractivity (Wildman–Crippen MR) is 68.3 cm³/mol. The summed E-state index contributed by atoms with van der Waals surface area (Å²) in [5, 5.41) is 2.21. The number of carbonyl (C=O) groups excluding carboxylic acids is 2. The lowest BCUT2D eigenvalue weighted by Gasteiger charge is -2.08. The van der Waals surface area contributed by atoms with Crippen LogP contribution in [0.2, 0.25) is 0 Å². The maximum absolute atomic E-state index is 11.1. The van der Waals surface area contributed by atoms with Crippen LogP contribution in [0.3, 0.4) is 0 Å². The predicted octanol–water partition coefficient (Wildman–Crippen LogP) is 0.975. The lowest BCUT2D eigenvalue weighted by Crippen LogP contribution is -2.33. The number of benzene rings is 1. The zero-order chi connectivity index (χ0) is 12.8. The fourth-order valence-electron chi connectivity index (χ4n) is 1.03. The zero-order valence-corrected chi connectivity index (χ0v) is 10.6. The van der Waals surface area contributed by atoms with E-state index in [0.29, 0.717) is 4.90 Å². The number of thiol groups is 2. The normalized spacial score (nSPS) is 9.76. The molecule has 0 aliphatic rings. The van der Waals surface area contributed by atoms with Gasteiger partial charge in [-0.25, -0.2) is 4.79 Å². The van der Waals surface area contributed by atoms with Gasteiger partial charge in [-0.05, 0) is 12.1 Å². The highest BCUT2D eigenvalue weighted by Gasteiger charge is 2.05. The van der Waals surface area contributed by atoms with Gasteiger partial charge in [0.15, 0.2) is 0 Å². The second-order valence-corrected chi connectivity index (χ2v) is 4.21. The highest BCUT2D eigenvalue weighted by atomic mass is 32.1. The van der Waals surface area contributed by atoms with E-state index in [2.05, 4.69) is 30.6 Å². The van der Waals surface area contributed by atoms with Gasteiger partial charge in [0.05, 0.1) is 6.54 Å². The van der Waals surface area contributed by atoms with Gasteiger partial charge in [-0.15, -0.1) is 25.3 Å². The van der Waals surface area contributed by atoms with E-state index in [0.717, 1.165) is 10.5 Å². The molecule has 0 radical (unpaired) electrons. The van der Waals surface area contributed by atoms with Gasteiger partial charge in [0, 0.05) is 15.4 Å². The largest absolute Gasteiger partial charge is 0.445 e. The van der Waals surface area contributed by atoms with E-state index in [9.17, 15) is 9.59 Å². The molecule has 0 aromatic heterocycles. The Morgan fingerprint density at radius 3 is 2.65 bits per heavy atom. The summed E-state index contributed by atoms with van der Waals surface area (Å²) in [6.45, 7) is -0.181. The second kappa shape index (κ2) is 6.41. The van der Waals surface area contributed by atoms with Crippen molar-refractivity contribution in [2.45, 2.75) is 16.4 Å². The van der Waals surface area contributed by atoms with Crippen molar-refractivity contribution in [3.63, 3.8) is 0 Å². The fourth-order valence-corrected chi connectivity index (χ4v) is 1.61. The van der Waals surface area contributed by atoms with Gasteiger partial charge < -0.3 is 15.8 Å². The summed E-state index contributed by atoms with van der Waals surface area (Å²) in [7, 11) is 0. The molecular formula is C10H12N2O3S2. The number of nitrogens with one attached hydrogen (secondary N) is 1. The van der Waals surface area contributed by atoms with Gasteiger partial charge >= 0.3 is 6.09 Å². The molecule has 92 valence electrons. The number of nitrogens with two attached hydrogens (primary N) is 1. The van der Waals surface area contributed by atoms with Crippen molar-refractivity contribution < 1.29 is 14.3 Å². The lowest BCUT2D eigenvalue weighted by molar-refractivity contribution is -0.117. The number of hydrogen-bond donors (Lipinski definition) is 4. The van der Waals surface area contributed by atoms with Crippen LogP contribution < -0.4 is 11.1 Å². The monoisotopic (exact) mass is 272 g/mol. The number of hydrogen-bond acceptors (Lipinski definition) is 5. The maximum atomic E-state index is 11.1. The lowest BCUT2D eigenvalue weighted by atomic mass is 10.2. The third kappa shape index (κ3) is 5.01. The van der Waals surface area contributed by atoms with Crippen LogP contribution in [-0.2, 0) is 16.1 Å². The van der Waals surface area contributed by atoms with Crippen LogP contribution in [0.15, 0.2) is 28.0 Å². The summed E-state index contributed by atoms with van der Waals surface area (Å²) in [6, 6.07) is 5.26. The molecule has 1 aromatic carbocycles. The number of primary amides is 1. The minimum Gasteiger partial charge on any atom is -0.445 e. The topological polar surface area (TPSA) is 81.4 Å². The van der Waals surface area contributed by atoms with Gasteiger partial charge in [0.2, 0.25) is 5.91 Å². The minimum absolute atomic E-state index is 0.0670. The quantitative estimate of drug-likeness (QED) is 0.617. The highest BCUT2D eigenvalue weighted by Crippen LogP contribution is 2.18. The number of rotatable bonds is 4. The molecule has 0 spiro atoms. The molecule has 3 N–H and O–H groups in total. The Bertz CT molecular complexity index is 438. The molecule has 0 saturated heterocycles. The van der Waals surface area contributed by atoms with Crippen LogP contribution in [0.4, 0.5) is 4.79 Å². The maximum Gasteiger partial charge on any atom is 0.407 e. The van der Waals surface area contributed by atoms with Crippen molar-refractivity contribution in [1.29, 1.82) is 0 Å². The van der Waals surface area contributed by atoms with Crippen molar-refractivity contribution in [1.82, 2.24) is 5.32 Å². The van der Waals surface area contributed by atoms with Crippen LogP contribution in [0, 0.1) is 0 Å². The molecule has 1 aromatic rings. The molecule has 5 nitrogen and oxygen atoms in total. The van der Waals surface area contributed by atoms with Crippen molar-refractivity contribution in [2.24, 2.45) is 5.73 Å². The molecule has 1 rings (SSSR count). The summed E-state index contributed by atoms with van der Waals surface area (Å²) >= 11 is 8.37. The standard InChI is InChI=1S/C10H12N2O3S2/c11-9(13)4-12-10(14)15-5-6-1-2-7(16)3-8(6)17/h1-3,16-17H,4-5H2,(H2,11,13)(H,12,14). The van der Waals surface area contributed by atoms with Crippen molar-refractivity contribution >= 4 is 37.3 Å². The van der Waals surface area contributed by atoms with Gasteiger partial charge in [0.1, 0.15) is 6.61 Å². The van der Waals surface area contributed by atoms with E-state index in [1.807, 2.05) is 0 Å². The third-order valence-corrected chi connectivity index (χ3v) is 2.53. The van der Waals surface area contributed by atoms with E-state index in [1.165, 1.54) is 0 Å². The zero-order valence-electron chi connectivity index (χ0n) is 8.84. The molecule has 17 heavy (non-hydrogen) atoms. The van der Waals surface area contributed by atoms with Crippen LogP contribution in [0.5, 0.6) is 0 Å². The molecule has 0 fully saturated rings. The molecule has 0 atom stereocenters. The Labute approximate surface area is 110 Å². The van der Waals surface area contributed by atoms with Crippen molar-refractivity contribution in [3.05, 3.63) is 23.8 Å². The van der Waals surface area contributed by atoms with Gasteiger partial charge in [0.25, 0.3) is 0 Å². The highest BCUT2D eigenvalue weighted by molar-refractivity contribution is 7.81. The molecule has 0 heterocycles. The SMILES string of the molecule is NC(=O)CNC(=O)OCc1ccc(S)cc1S. The molecule has 0 aliphatic carbocycles. The summed E-state index contributed by atoms with van der Waals surface area (Å²) < 4.78 is 4.87. The van der Waals surface area contributed by atoms with Crippen LogP contribution in [0.1, 0.15) is 5.56 Å². The van der Waals surface area contributed by atoms with Gasteiger partial charge in [-0.3, -0.25) is 4.79 Å². The summed E-state index contributed by atoms with van der Waals surface area (Å²) in [5.41, 5.74) is 5.61. The van der Waals surface area contributed by atoms with Gasteiger partial charge in [-0.1, -0.05) is 6.07 Å². The first kappa shape index (κ1) is 13.7. The van der Waals surface area contributed by atoms with E-state index in [1.54, 1.807) is 18.2 Å².